The van der Waals surface area contributed by atoms with Gasteiger partial charge in [0, 0.05) is 21.0 Å². The normalized spacial score (nSPS) is 21.0. The van der Waals surface area contributed by atoms with Gasteiger partial charge in [0.05, 0.1) is 12.1 Å². The summed E-state index contributed by atoms with van der Waals surface area (Å²) in [6.45, 7) is 6.26. The zero-order valence-corrected chi connectivity index (χ0v) is 16.9. The number of nitrogens with two attached hydrogens (primary N) is 1. The van der Waals surface area contributed by atoms with Crippen molar-refractivity contribution in [1.29, 1.82) is 0 Å². The Balaban J connectivity index is 1.98. The zero-order chi connectivity index (χ0) is 19.3. The van der Waals surface area contributed by atoms with Crippen molar-refractivity contribution in [1.82, 2.24) is 5.43 Å². The second-order valence-electron chi connectivity index (χ2n) is 6.78. The highest BCUT2D eigenvalue weighted by atomic mass is 35.5. The molecule has 0 saturated heterocycles. The molecule has 2 atom stereocenters. The maximum atomic E-state index is 11.7. The van der Waals surface area contributed by atoms with E-state index in [9.17, 15) is 4.79 Å². The summed E-state index contributed by atoms with van der Waals surface area (Å²) >= 11 is 7.79. The number of aryl methyl sites for hydroxylation is 1. The van der Waals surface area contributed by atoms with Crippen LogP contribution in [0.25, 0.3) is 0 Å². The number of anilines is 1. The predicted octanol–water partition coefficient (Wildman–Crippen LogP) is 3.18. The predicted molar refractivity (Wildman–Crippen MR) is 111 cm³/mol. The van der Waals surface area contributed by atoms with E-state index in [-0.39, 0.29) is 12.6 Å². The molecule has 2 unspecified atom stereocenters. The van der Waals surface area contributed by atoms with Crippen molar-refractivity contribution in [3.8, 4) is 0 Å². The lowest BCUT2D eigenvalue weighted by atomic mass is 9.99. The first-order valence-electron chi connectivity index (χ1n) is 8.71. The van der Waals surface area contributed by atoms with Crippen LogP contribution in [0.3, 0.4) is 0 Å². The molecule has 0 fully saturated rings. The van der Waals surface area contributed by atoms with Crippen molar-refractivity contribution in [2.24, 2.45) is 15.8 Å². The molecule has 27 heavy (non-hydrogen) atoms. The number of primary amides is 1. The molecule has 2 aliphatic heterocycles. The van der Waals surface area contributed by atoms with Gasteiger partial charge < -0.3 is 5.73 Å². The fourth-order valence-corrected chi connectivity index (χ4v) is 4.85. The first-order valence-corrected chi connectivity index (χ1v) is 9.91. The van der Waals surface area contributed by atoms with Gasteiger partial charge in [-0.2, -0.15) is 5.10 Å². The quantitative estimate of drug-likeness (QED) is 0.828. The number of halogens is 1. The van der Waals surface area contributed by atoms with Crippen LogP contribution in [0, 0.1) is 13.8 Å². The van der Waals surface area contributed by atoms with Crippen LogP contribution in [0.2, 0.25) is 5.02 Å². The van der Waals surface area contributed by atoms with Crippen LogP contribution in [0.4, 0.5) is 5.00 Å². The summed E-state index contributed by atoms with van der Waals surface area (Å²) in [4.78, 5) is 20.1. The van der Waals surface area contributed by atoms with Crippen molar-refractivity contribution in [2.75, 3.05) is 4.90 Å². The van der Waals surface area contributed by atoms with Crippen LogP contribution in [0.15, 0.2) is 34.4 Å². The van der Waals surface area contributed by atoms with Gasteiger partial charge in [-0.3, -0.25) is 20.1 Å². The lowest BCUT2D eigenvalue weighted by Crippen LogP contribution is -2.42. The summed E-state index contributed by atoms with van der Waals surface area (Å²) in [6.07, 6.45) is 0.0831. The van der Waals surface area contributed by atoms with Gasteiger partial charge in [0.2, 0.25) is 5.91 Å². The second-order valence-corrected chi connectivity index (χ2v) is 8.42. The summed E-state index contributed by atoms with van der Waals surface area (Å²) in [5, 5.41) is 6.23. The highest BCUT2D eigenvalue weighted by molar-refractivity contribution is 7.17. The molecular formula is C19H20ClN5OS. The molecule has 3 heterocycles. The Hall–Kier alpha value is -2.38. The van der Waals surface area contributed by atoms with Crippen LogP contribution >= 0.6 is 22.9 Å². The first-order chi connectivity index (χ1) is 12.9. The Kier molecular flexibility index (Phi) is 4.44. The lowest BCUT2D eigenvalue weighted by Gasteiger charge is -2.24. The van der Waals surface area contributed by atoms with Gasteiger partial charge in [-0.05, 0) is 38.5 Å². The van der Waals surface area contributed by atoms with E-state index in [1.54, 1.807) is 11.3 Å². The third kappa shape index (κ3) is 3.00. The topological polar surface area (TPSA) is 83.1 Å². The van der Waals surface area contributed by atoms with Crippen molar-refractivity contribution in [3.63, 3.8) is 0 Å². The monoisotopic (exact) mass is 401 g/mol. The van der Waals surface area contributed by atoms with E-state index in [1.807, 2.05) is 31.2 Å². The second kappa shape index (κ2) is 6.65. The molecule has 6 nitrogen and oxygen atoms in total. The van der Waals surface area contributed by atoms with Gasteiger partial charge >= 0.3 is 0 Å². The Morgan fingerprint density at radius 2 is 2.04 bits per heavy atom. The number of fused-ring (bicyclic) bond motifs is 3. The molecule has 4 rings (SSSR count). The van der Waals surface area contributed by atoms with Crippen molar-refractivity contribution >= 4 is 45.4 Å². The van der Waals surface area contributed by atoms with Crippen LogP contribution in [-0.2, 0) is 4.79 Å². The number of aliphatic imine (C=N–C) groups is 1. The number of hydrazone groups is 1. The molecule has 0 saturated carbocycles. The smallest absolute Gasteiger partial charge is 0.220 e. The van der Waals surface area contributed by atoms with Gasteiger partial charge in [-0.15, -0.1) is 11.3 Å². The number of rotatable bonds is 3. The summed E-state index contributed by atoms with van der Waals surface area (Å²) in [5.74, 6) is 0.326. The van der Waals surface area contributed by atoms with Crippen molar-refractivity contribution in [2.45, 2.75) is 39.4 Å². The summed E-state index contributed by atoms with van der Waals surface area (Å²) < 4.78 is 0. The molecule has 0 spiro atoms. The number of amides is 1. The van der Waals surface area contributed by atoms with Gasteiger partial charge in [-0.25, -0.2) is 0 Å². The molecule has 8 heteroatoms. The van der Waals surface area contributed by atoms with Gasteiger partial charge in [-0.1, -0.05) is 23.7 Å². The maximum absolute atomic E-state index is 11.7. The van der Waals surface area contributed by atoms with E-state index in [4.69, 9.17) is 22.3 Å². The third-order valence-electron chi connectivity index (χ3n) is 4.92. The average molecular weight is 402 g/mol. The van der Waals surface area contributed by atoms with Crippen LogP contribution in [0.1, 0.15) is 34.9 Å². The number of benzene rings is 1. The van der Waals surface area contributed by atoms with Crippen molar-refractivity contribution < 1.29 is 4.79 Å². The molecule has 1 aromatic heterocycles. The Morgan fingerprint density at radius 3 is 2.70 bits per heavy atom. The van der Waals surface area contributed by atoms with E-state index in [0.29, 0.717) is 5.02 Å². The molecule has 1 amide bonds. The van der Waals surface area contributed by atoms with E-state index in [2.05, 4.69) is 29.3 Å². The molecule has 0 radical (unpaired) electrons. The molecule has 3 N–H and O–H groups in total. The minimum absolute atomic E-state index is 0.0219. The maximum Gasteiger partial charge on any atom is 0.220 e. The van der Waals surface area contributed by atoms with Crippen LogP contribution in [0.5, 0.6) is 0 Å². The number of thiophene rings is 1. The number of carbonyl (C=O) groups excluding carboxylic acids is 1. The van der Waals surface area contributed by atoms with Crippen LogP contribution < -0.4 is 16.1 Å². The molecule has 1 aromatic carbocycles. The highest BCUT2D eigenvalue weighted by Crippen LogP contribution is 2.41. The van der Waals surface area contributed by atoms with E-state index >= 15 is 0 Å². The Bertz CT molecular complexity index is 979. The number of amidine groups is 1. The third-order valence-corrected chi connectivity index (χ3v) is 6.38. The van der Waals surface area contributed by atoms with E-state index < -0.39 is 11.9 Å². The summed E-state index contributed by atoms with van der Waals surface area (Å²) in [7, 11) is 0. The van der Waals surface area contributed by atoms with Gasteiger partial charge in [0.1, 0.15) is 17.2 Å². The molecule has 2 aromatic rings. The largest absolute Gasteiger partial charge is 0.370 e. The number of nitrogens with zero attached hydrogens (tertiary/aromatic N) is 3. The molecule has 140 valence electrons. The molecular weight excluding hydrogens is 382 g/mol. The number of hydrogen-bond acceptors (Lipinski definition) is 6. The fourth-order valence-electron chi connectivity index (χ4n) is 3.47. The molecule has 0 bridgehead atoms. The van der Waals surface area contributed by atoms with E-state index in [1.165, 1.54) is 10.4 Å². The number of nitrogens with one attached hydrogen (secondary N) is 1. The Morgan fingerprint density at radius 1 is 1.33 bits per heavy atom. The van der Waals surface area contributed by atoms with Gasteiger partial charge in [0.15, 0.2) is 5.84 Å². The van der Waals surface area contributed by atoms with E-state index in [0.717, 1.165) is 27.7 Å². The summed E-state index contributed by atoms with van der Waals surface area (Å²) in [6, 6.07) is 7.18. The first kappa shape index (κ1) is 18.0. The highest BCUT2D eigenvalue weighted by Gasteiger charge is 2.39. The fraction of sp³-hybridized carbons (Fsp3) is 0.316. The minimum atomic E-state index is -0.440. The number of hydrogen-bond donors (Lipinski definition) is 2. The number of carbonyl (C=O) groups is 1. The minimum Gasteiger partial charge on any atom is -0.370 e. The summed E-state index contributed by atoms with van der Waals surface area (Å²) in [5.41, 5.74) is 12.7. The average Bonchev–Trinajstić information content (AvgIpc) is 3.08. The lowest BCUT2D eigenvalue weighted by molar-refractivity contribution is -0.118. The Labute approximate surface area is 166 Å². The standard InChI is InChI=1S/C19H20ClN5OS/c1-9-10(2)27-19-16(9)17(12-4-6-13(20)7-5-12)22-14(8-15(21)26)18-24-23-11(3)25(18)19/h4-7,11,14,23H,8H2,1-3H3,(H2,21,26). The van der Waals surface area contributed by atoms with Gasteiger partial charge in [0.25, 0.3) is 0 Å². The molecule has 2 aliphatic rings. The van der Waals surface area contributed by atoms with Crippen LogP contribution in [-0.4, -0.2) is 29.7 Å². The van der Waals surface area contributed by atoms with Crippen molar-refractivity contribution in [3.05, 3.63) is 50.9 Å². The molecule has 0 aliphatic carbocycles. The SMILES string of the molecule is Cc1sc2c(c1C)C(c1ccc(Cl)cc1)=NC(CC(N)=O)C1=NNC(C)N12. The zero-order valence-electron chi connectivity index (χ0n) is 15.3.